The molecule has 0 radical (unpaired) electrons. The molecule has 1 aromatic rings. The normalized spacial score (nSPS) is 19.9. The van der Waals surface area contributed by atoms with E-state index >= 15 is 0 Å². The lowest BCUT2D eigenvalue weighted by molar-refractivity contribution is 0.0230. The van der Waals surface area contributed by atoms with Crippen LogP contribution in [0.3, 0.4) is 0 Å². The van der Waals surface area contributed by atoms with Crippen LogP contribution < -0.4 is 0 Å². The maximum atomic E-state index is 5.46. The lowest BCUT2D eigenvalue weighted by Gasteiger charge is -2.35. The Kier molecular flexibility index (Phi) is 4.39. The average molecular weight is 304 g/mol. The molecule has 2 rings (SSSR count). The highest BCUT2D eigenvalue weighted by molar-refractivity contribution is 9.09. The van der Waals surface area contributed by atoms with Crippen LogP contribution >= 0.6 is 27.3 Å². The molecule has 0 unspecified atom stereocenters. The zero-order valence-corrected chi connectivity index (χ0v) is 12.1. The molecule has 1 aliphatic heterocycles. The first-order valence-corrected chi connectivity index (χ1v) is 7.79. The Labute approximate surface area is 110 Å². The number of ether oxygens (including phenoxy) is 1. The number of hydrogen-bond acceptors (Lipinski definition) is 3. The highest BCUT2D eigenvalue weighted by Crippen LogP contribution is 2.37. The van der Waals surface area contributed by atoms with Gasteiger partial charge in [0.15, 0.2) is 0 Å². The zero-order valence-electron chi connectivity index (χ0n) is 9.67. The summed E-state index contributed by atoms with van der Waals surface area (Å²) in [6.45, 7) is 3.96. The molecule has 2 heterocycles. The fourth-order valence-electron chi connectivity index (χ4n) is 2.20. The van der Waals surface area contributed by atoms with Crippen molar-refractivity contribution in [3.8, 4) is 0 Å². The summed E-state index contributed by atoms with van der Waals surface area (Å²) in [5.74, 6) is 0. The minimum Gasteiger partial charge on any atom is -0.381 e. The van der Waals surface area contributed by atoms with Crippen molar-refractivity contribution in [2.24, 2.45) is 5.41 Å². The first-order valence-electron chi connectivity index (χ1n) is 5.78. The van der Waals surface area contributed by atoms with Gasteiger partial charge < -0.3 is 4.74 Å². The maximum absolute atomic E-state index is 5.46. The van der Waals surface area contributed by atoms with Crippen LogP contribution in [0.15, 0.2) is 5.51 Å². The predicted octanol–water partition coefficient (Wildman–Crippen LogP) is 3.58. The first-order chi connectivity index (χ1) is 7.76. The van der Waals surface area contributed by atoms with E-state index in [0.717, 1.165) is 18.5 Å². The molecule has 1 aliphatic rings. The summed E-state index contributed by atoms with van der Waals surface area (Å²) in [6, 6.07) is 0. The topological polar surface area (TPSA) is 22.1 Å². The number of rotatable bonds is 4. The van der Waals surface area contributed by atoms with E-state index in [-0.39, 0.29) is 0 Å². The summed E-state index contributed by atoms with van der Waals surface area (Å²) in [7, 11) is 0. The third kappa shape index (κ3) is 2.84. The Balaban J connectivity index is 1.94. The quantitative estimate of drug-likeness (QED) is 0.793. The Bertz CT molecular complexity index is 334. The number of nitrogens with zero attached hydrogens (tertiary/aromatic N) is 1. The van der Waals surface area contributed by atoms with E-state index in [4.69, 9.17) is 4.74 Å². The monoisotopic (exact) mass is 303 g/mol. The Morgan fingerprint density at radius 2 is 2.25 bits per heavy atom. The van der Waals surface area contributed by atoms with Crippen LogP contribution in [0.4, 0.5) is 0 Å². The highest BCUT2D eigenvalue weighted by Gasteiger charge is 2.31. The van der Waals surface area contributed by atoms with E-state index in [0.29, 0.717) is 5.41 Å². The van der Waals surface area contributed by atoms with E-state index < -0.39 is 0 Å². The zero-order chi connectivity index (χ0) is 11.4. The van der Waals surface area contributed by atoms with Gasteiger partial charge in [-0.2, -0.15) is 0 Å². The molecule has 0 saturated carbocycles. The summed E-state index contributed by atoms with van der Waals surface area (Å²) in [4.78, 5) is 5.76. The van der Waals surface area contributed by atoms with Crippen molar-refractivity contribution in [1.29, 1.82) is 0 Å². The van der Waals surface area contributed by atoms with Gasteiger partial charge in [0.05, 0.1) is 11.2 Å². The number of halogens is 1. The number of hydrogen-bond donors (Lipinski definition) is 0. The number of alkyl halides is 1. The molecule has 4 heteroatoms. The molecule has 0 atom stereocenters. The number of aryl methyl sites for hydroxylation is 2. The largest absolute Gasteiger partial charge is 0.381 e. The second-order valence-electron chi connectivity index (χ2n) is 4.61. The van der Waals surface area contributed by atoms with Gasteiger partial charge in [-0.05, 0) is 38.0 Å². The summed E-state index contributed by atoms with van der Waals surface area (Å²) >= 11 is 5.47. The molecular weight excluding hydrogens is 286 g/mol. The van der Waals surface area contributed by atoms with Gasteiger partial charge >= 0.3 is 0 Å². The number of thiazole rings is 1. The van der Waals surface area contributed by atoms with Crippen LogP contribution in [0, 0.1) is 12.3 Å². The smallest absolute Gasteiger partial charge is 0.0797 e. The van der Waals surface area contributed by atoms with E-state index in [1.165, 1.54) is 36.3 Å². The standard InChI is InChI=1S/C12H18BrNOS/c1-10-11(16-9-14-10)2-3-12(8-13)4-6-15-7-5-12/h9H,2-8H2,1H3. The van der Waals surface area contributed by atoms with Gasteiger partial charge in [0.25, 0.3) is 0 Å². The molecule has 1 aromatic heterocycles. The van der Waals surface area contributed by atoms with Crippen LogP contribution in [-0.4, -0.2) is 23.5 Å². The van der Waals surface area contributed by atoms with Crippen molar-refractivity contribution in [1.82, 2.24) is 4.98 Å². The van der Waals surface area contributed by atoms with Crippen LogP contribution in [0.1, 0.15) is 29.8 Å². The van der Waals surface area contributed by atoms with Gasteiger partial charge in [0.2, 0.25) is 0 Å². The van der Waals surface area contributed by atoms with Gasteiger partial charge in [0.1, 0.15) is 0 Å². The van der Waals surface area contributed by atoms with E-state index in [9.17, 15) is 0 Å². The SMILES string of the molecule is Cc1ncsc1CCC1(CBr)CCOCC1. The highest BCUT2D eigenvalue weighted by atomic mass is 79.9. The summed E-state index contributed by atoms with van der Waals surface area (Å²) in [5, 5.41) is 1.10. The van der Waals surface area contributed by atoms with Crippen LogP contribution in [0.5, 0.6) is 0 Å². The first kappa shape index (κ1) is 12.5. The minimum absolute atomic E-state index is 0.453. The van der Waals surface area contributed by atoms with Crippen molar-refractivity contribution < 1.29 is 4.74 Å². The number of aromatic nitrogens is 1. The molecule has 16 heavy (non-hydrogen) atoms. The van der Waals surface area contributed by atoms with E-state index in [1.54, 1.807) is 11.3 Å². The lowest BCUT2D eigenvalue weighted by atomic mass is 9.78. The van der Waals surface area contributed by atoms with Crippen LogP contribution in [-0.2, 0) is 11.2 Å². The van der Waals surface area contributed by atoms with Gasteiger partial charge in [-0.25, -0.2) is 4.98 Å². The lowest BCUT2D eigenvalue weighted by Crippen LogP contribution is -2.31. The molecule has 0 amide bonds. The molecule has 0 spiro atoms. The second kappa shape index (κ2) is 5.61. The molecule has 0 aromatic carbocycles. The Morgan fingerprint density at radius 1 is 1.50 bits per heavy atom. The predicted molar refractivity (Wildman–Crippen MR) is 71.5 cm³/mol. The molecule has 1 fully saturated rings. The third-order valence-electron chi connectivity index (χ3n) is 3.56. The molecular formula is C12H18BrNOS. The van der Waals surface area contributed by atoms with Crippen molar-refractivity contribution in [2.45, 2.75) is 32.6 Å². The van der Waals surface area contributed by atoms with Gasteiger partial charge in [0, 0.05) is 23.4 Å². The molecule has 2 nitrogen and oxygen atoms in total. The van der Waals surface area contributed by atoms with E-state index in [1.807, 2.05) is 5.51 Å². The van der Waals surface area contributed by atoms with Gasteiger partial charge in [-0.3, -0.25) is 0 Å². The third-order valence-corrected chi connectivity index (χ3v) is 5.75. The van der Waals surface area contributed by atoms with Gasteiger partial charge in [-0.15, -0.1) is 11.3 Å². The van der Waals surface area contributed by atoms with Crippen molar-refractivity contribution in [3.63, 3.8) is 0 Å². The van der Waals surface area contributed by atoms with Crippen LogP contribution in [0.2, 0.25) is 0 Å². The Hall–Kier alpha value is 0.0700. The van der Waals surface area contributed by atoms with Gasteiger partial charge in [-0.1, -0.05) is 15.9 Å². The van der Waals surface area contributed by atoms with E-state index in [2.05, 4.69) is 27.8 Å². The fourth-order valence-corrected chi connectivity index (χ4v) is 3.82. The minimum atomic E-state index is 0.453. The molecule has 0 bridgehead atoms. The summed E-state index contributed by atoms with van der Waals surface area (Å²) in [6.07, 6.45) is 4.80. The summed E-state index contributed by atoms with van der Waals surface area (Å²) in [5.41, 5.74) is 3.62. The van der Waals surface area contributed by atoms with Crippen molar-refractivity contribution in [2.75, 3.05) is 18.5 Å². The van der Waals surface area contributed by atoms with Crippen molar-refractivity contribution in [3.05, 3.63) is 16.1 Å². The average Bonchev–Trinajstić information content (AvgIpc) is 2.74. The summed E-state index contributed by atoms with van der Waals surface area (Å²) < 4.78 is 5.46. The molecule has 90 valence electrons. The van der Waals surface area contributed by atoms with Crippen LogP contribution in [0.25, 0.3) is 0 Å². The Morgan fingerprint density at radius 3 is 2.81 bits per heavy atom. The fraction of sp³-hybridized carbons (Fsp3) is 0.750. The van der Waals surface area contributed by atoms with Crippen molar-refractivity contribution >= 4 is 27.3 Å². The molecule has 0 aliphatic carbocycles. The maximum Gasteiger partial charge on any atom is 0.0797 e. The molecule has 0 N–H and O–H groups in total. The second-order valence-corrected chi connectivity index (χ2v) is 6.11. The molecule has 1 saturated heterocycles.